The fourth-order valence-corrected chi connectivity index (χ4v) is 4.02. The van der Waals surface area contributed by atoms with Crippen LogP contribution >= 0.6 is 0 Å². The molecule has 0 radical (unpaired) electrons. The molecular formula is C27H37N2+. The zero-order chi connectivity index (χ0) is 20.2. The van der Waals surface area contributed by atoms with E-state index in [1.54, 1.807) is 0 Å². The van der Waals surface area contributed by atoms with Crippen molar-refractivity contribution in [2.75, 3.05) is 0 Å². The van der Waals surface area contributed by atoms with Gasteiger partial charge in [0.1, 0.15) is 24.6 Å². The van der Waals surface area contributed by atoms with Gasteiger partial charge in [0, 0.05) is 0 Å². The lowest BCUT2D eigenvalue weighted by molar-refractivity contribution is -0.687. The Hall–Kier alpha value is -2.35. The lowest BCUT2D eigenvalue weighted by Crippen LogP contribution is -2.31. The van der Waals surface area contributed by atoms with Crippen molar-refractivity contribution < 1.29 is 4.57 Å². The first-order chi connectivity index (χ1) is 14.4. The molecule has 0 N–H and O–H groups in total. The van der Waals surface area contributed by atoms with E-state index in [9.17, 15) is 0 Å². The van der Waals surface area contributed by atoms with E-state index in [1.165, 1.54) is 81.0 Å². The molecule has 1 aromatic heterocycles. The third kappa shape index (κ3) is 7.20. The smallest absolute Gasteiger partial charge is 0.232 e. The van der Waals surface area contributed by atoms with Gasteiger partial charge in [0.05, 0.1) is 0 Å². The third-order valence-electron chi connectivity index (χ3n) is 5.72. The number of rotatable bonds is 13. The van der Waals surface area contributed by atoms with E-state index in [1.807, 2.05) is 0 Å². The summed E-state index contributed by atoms with van der Waals surface area (Å²) < 4.78 is 4.52. The van der Waals surface area contributed by atoms with Crippen molar-refractivity contribution in [3.8, 4) is 5.69 Å². The molecule has 0 atom stereocenters. The van der Waals surface area contributed by atoms with Gasteiger partial charge in [-0.25, -0.2) is 9.13 Å². The Kier molecular flexibility index (Phi) is 9.03. The first-order valence-corrected chi connectivity index (χ1v) is 11.6. The number of imidazole rings is 1. The molecule has 0 amide bonds. The van der Waals surface area contributed by atoms with Crippen molar-refractivity contribution in [3.63, 3.8) is 0 Å². The van der Waals surface area contributed by atoms with Gasteiger partial charge in [-0.3, -0.25) is 0 Å². The van der Waals surface area contributed by atoms with Gasteiger partial charge >= 0.3 is 0 Å². The average molecular weight is 390 g/mol. The maximum absolute atomic E-state index is 2.29. The molecule has 2 heteroatoms. The molecule has 0 aliphatic carbocycles. The zero-order valence-corrected chi connectivity index (χ0v) is 18.1. The Labute approximate surface area is 177 Å². The molecule has 0 bridgehead atoms. The van der Waals surface area contributed by atoms with Gasteiger partial charge in [0.2, 0.25) is 6.33 Å². The highest BCUT2D eigenvalue weighted by atomic mass is 15.1. The first kappa shape index (κ1) is 21.4. The summed E-state index contributed by atoms with van der Waals surface area (Å²) in [4.78, 5) is 0. The Bertz CT molecular complexity index is 819. The molecule has 0 unspecified atom stereocenters. The number of para-hydroxylation sites is 1. The highest BCUT2D eigenvalue weighted by Gasteiger charge is 2.11. The van der Waals surface area contributed by atoms with Crippen LogP contribution in [0.3, 0.4) is 0 Å². The van der Waals surface area contributed by atoms with Gasteiger partial charge < -0.3 is 0 Å². The molecule has 0 fully saturated rings. The van der Waals surface area contributed by atoms with Crippen LogP contribution in [0.1, 0.15) is 75.8 Å². The van der Waals surface area contributed by atoms with Crippen molar-refractivity contribution in [3.05, 3.63) is 84.4 Å². The molecule has 3 rings (SSSR count). The van der Waals surface area contributed by atoms with Gasteiger partial charge in [0.25, 0.3) is 0 Å². The van der Waals surface area contributed by atoms with Crippen LogP contribution in [0, 0.1) is 0 Å². The maximum atomic E-state index is 2.29. The van der Waals surface area contributed by atoms with E-state index in [0.717, 1.165) is 6.54 Å². The van der Waals surface area contributed by atoms with Crippen LogP contribution in [0.25, 0.3) is 5.69 Å². The van der Waals surface area contributed by atoms with E-state index >= 15 is 0 Å². The van der Waals surface area contributed by atoms with Gasteiger partial charge in [-0.05, 0) is 30.0 Å². The maximum Gasteiger partial charge on any atom is 0.249 e. The van der Waals surface area contributed by atoms with E-state index in [-0.39, 0.29) is 0 Å². The van der Waals surface area contributed by atoms with Gasteiger partial charge in [-0.2, -0.15) is 0 Å². The molecule has 3 aromatic rings. The Morgan fingerprint density at radius 1 is 0.724 bits per heavy atom. The van der Waals surface area contributed by atoms with Gasteiger partial charge in [-0.1, -0.05) is 107 Å². The zero-order valence-electron chi connectivity index (χ0n) is 18.1. The van der Waals surface area contributed by atoms with E-state index in [0.29, 0.717) is 0 Å². The second-order valence-corrected chi connectivity index (χ2v) is 8.19. The minimum absolute atomic E-state index is 0.911. The molecule has 2 aromatic carbocycles. The minimum atomic E-state index is 0.911. The van der Waals surface area contributed by atoms with Crippen LogP contribution in [-0.2, 0) is 13.0 Å². The van der Waals surface area contributed by atoms with Crippen molar-refractivity contribution in [2.24, 2.45) is 0 Å². The van der Waals surface area contributed by atoms with Crippen LogP contribution in [0.5, 0.6) is 0 Å². The lowest BCUT2D eigenvalue weighted by atomic mass is 10.0. The SMILES string of the molecule is CCCCCCCCCCCc1ccccc1-n1cc[n+](Cc2ccccc2)c1. The third-order valence-corrected chi connectivity index (χ3v) is 5.72. The number of benzene rings is 2. The Balaban J connectivity index is 1.48. The van der Waals surface area contributed by atoms with Crippen LogP contribution in [0.15, 0.2) is 73.3 Å². The fourth-order valence-electron chi connectivity index (χ4n) is 4.02. The number of unbranched alkanes of at least 4 members (excludes halogenated alkanes) is 8. The minimum Gasteiger partial charge on any atom is -0.232 e. The number of aryl methyl sites for hydroxylation is 1. The second-order valence-electron chi connectivity index (χ2n) is 8.19. The molecule has 0 saturated carbocycles. The Morgan fingerprint density at radius 2 is 1.38 bits per heavy atom. The summed E-state index contributed by atoms with van der Waals surface area (Å²) in [5.74, 6) is 0. The summed E-state index contributed by atoms with van der Waals surface area (Å²) in [6.07, 6.45) is 20.2. The van der Waals surface area contributed by atoms with E-state index in [2.05, 4.69) is 89.4 Å². The molecule has 1 heterocycles. The van der Waals surface area contributed by atoms with E-state index in [4.69, 9.17) is 0 Å². The molecule has 0 saturated heterocycles. The summed E-state index contributed by atoms with van der Waals surface area (Å²) in [5, 5.41) is 0. The molecule has 0 spiro atoms. The normalized spacial score (nSPS) is 11.1. The summed E-state index contributed by atoms with van der Waals surface area (Å²) in [6, 6.07) is 19.5. The number of hydrogen-bond acceptors (Lipinski definition) is 0. The van der Waals surface area contributed by atoms with Crippen molar-refractivity contribution in [1.29, 1.82) is 0 Å². The largest absolute Gasteiger partial charge is 0.249 e. The molecule has 29 heavy (non-hydrogen) atoms. The highest BCUT2D eigenvalue weighted by Crippen LogP contribution is 2.18. The molecular weight excluding hydrogens is 352 g/mol. The van der Waals surface area contributed by atoms with Crippen LogP contribution in [0.4, 0.5) is 0 Å². The predicted molar refractivity (Wildman–Crippen MR) is 122 cm³/mol. The summed E-state index contributed by atoms with van der Waals surface area (Å²) in [6.45, 7) is 3.20. The highest BCUT2D eigenvalue weighted by molar-refractivity contribution is 5.40. The van der Waals surface area contributed by atoms with Gasteiger partial charge in [0.15, 0.2) is 0 Å². The summed E-state index contributed by atoms with van der Waals surface area (Å²) >= 11 is 0. The second kappa shape index (κ2) is 12.3. The van der Waals surface area contributed by atoms with Gasteiger partial charge in [-0.15, -0.1) is 0 Å². The number of nitrogens with zero attached hydrogens (tertiary/aromatic N) is 2. The lowest BCUT2D eigenvalue weighted by Gasteiger charge is -2.06. The van der Waals surface area contributed by atoms with Crippen LogP contribution in [0.2, 0.25) is 0 Å². The van der Waals surface area contributed by atoms with Crippen molar-refractivity contribution in [2.45, 2.75) is 77.7 Å². The number of aromatic nitrogens is 2. The quantitative estimate of drug-likeness (QED) is 0.222. The molecule has 2 nitrogen and oxygen atoms in total. The standard InChI is InChI=1S/C27H37N2/c1-2-3-4-5-6-7-8-9-13-18-26-19-14-15-20-27(26)29-22-21-28(24-29)23-25-16-11-10-12-17-25/h10-12,14-17,19-22,24H,2-9,13,18,23H2,1H3/q+1. The van der Waals surface area contributed by atoms with Crippen LogP contribution in [-0.4, -0.2) is 4.57 Å². The molecule has 0 aliphatic rings. The monoisotopic (exact) mass is 389 g/mol. The van der Waals surface area contributed by atoms with Crippen molar-refractivity contribution >= 4 is 0 Å². The van der Waals surface area contributed by atoms with E-state index < -0.39 is 0 Å². The Morgan fingerprint density at radius 3 is 2.14 bits per heavy atom. The van der Waals surface area contributed by atoms with Crippen LogP contribution < -0.4 is 4.57 Å². The fraction of sp³-hybridized carbons (Fsp3) is 0.444. The molecule has 154 valence electrons. The average Bonchev–Trinajstić information content (AvgIpc) is 3.22. The molecule has 0 aliphatic heterocycles. The topological polar surface area (TPSA) is 8.81 Å². The summed E-state index contributed by atoms with van der Waals surface area (Å²) in [7, 11) is 0. The predicted octanol–water partition coefficient (Wildman–Crippen LogP) is 6.89. The van der Waals surface area contributed by atoms with Crippen molar-refractivity contribution in [1.82, 2.24) is 4.57 Å². The first-order valence-electron chi connectivity index (χ1n) is 11.6. The number of hydrogen-bond donors (Lipinski definition) is 0. The summed E-state index contributed by atoms with van der Waals surface area (Å²) in [5.41, 5.74) is 4.11.